The number of para-hydroxylation sites is 1. The fraction of sp³-hybridized carbons (Fsp3) is 0.0476. The van der Waals surface area contributed by atoms with Crippen molar-refractivity contribution in [3.8, 4) is 17.1 Å². The average molecular weight is 484 g/mol. The van der Waals surface area contributed by atoms with Gasteiger partial charge in [-0.1, -0.05) is 39.8 Å². The zero-order valence-corrected chi connectivity index (χ0v) is 17.9. The van der Waals surface area contributed by atoms with E-state index in [1.807, 2.05) is 41.0 Å². The summed E-state index contributed by atoms with van der Waals surface area (Å²) in [6.45, 7) is 0. The van der Waals surface area contributed by atoms with Crippen molar-refractivity contribution in [1.82, 2.24) is 19.7 Å². The van der Waals surface area contributed by atoms with Gasteiger partial charge in [0.2, 0.25) is 5.91 Å². The summed E-state index contributed by atoms with van der Waals surface area (Å²) in [7, 11) is 0. The van der Waals surface area contributed by atoms with Crippen LogP contribution in [0, 0.1) is 5.82 Å². The number of rotatable bonds is 6. The van der Waals surface area contributed by atoms with Gasteiger partial charge in [0.1, 0.15) is 5.82 Å². The van der Waals surface area contributed by atoms with E-state index < -0.39 is 5.82 Å². The molecule has 30 heavy (non-hydrogen) atoms. The van der Waals surface area contributed by atoms with Crippen LogP contribution in [0.1, 0.15) is 0 Å². The molecule has 0 atom stereocenters. The van der Waals surface area contributed by atoms with E-state index in [1.165, 1.54) is 23.9 Å². The number of nitrogens with zero attached hydrogens (tertiary/aromatic N) is 4. The fourth-order valence-corrected chi connectivity index (χ4v) is 3.77. The summed E-state index contributed by atoms with van der Waals surface area (Å²) in [5.41, 5.74) is 1.85. The lowest BCUT2D eigenvalue weighted by Gasteiger charge is -2.11. The summed E-state index contributed by atoms with van der Waals surface area (Å²) in [6, 6.07) is 17.5. The number of benzene rings is 2. The Hall–Kier alpha value is -3.04. The zero-order valence-electron chi connectivity index (χ0n) is 15.5. The summed E-state index contributed by atoms with van der Waals surface area (Å²) < 4.78 is 16.6. The van der Waals surface area contributed by atoms with E-state index >= 15 is 0 Å². The molecular weight excluding hydrogens is 469 g/mol. The first-order valence-electron chi connectivity index (χ1n) is 8.91. The average Bonchev–Trinajstić information content (AvgIpc) is 3.19. The molecule has 1 amide bonds. The van der Waals surface area contributed by atoms with Crippen LogP contribution in [0.15, 0.2) is 82.7 Å². The second-order valence-corrected chi connectivity index (χ2v) is 8.03. The highest BCUT2D eigenvalue weighted by Gasteiger charge is 2.17. The molecule has 2 aromatic heterocycles. The Kier molecular flexibility index (Phi) is 6.20. The maximum atomic E-state index is 13.8. The molecule has 0 aliphatic carbocycles. The SMILES string of the molecule is O=C(CSc1nnc(-c2ccncc2)n1-c1ccc(Br)cc1)Nc1ccccc1F. The zero-order chi connectivity index (χ0) is 20.9. The summed E-state index contributed by atoms with van der Waals surface area (Å²) in [6.07, 6.45) is 3.37. The van der Waals surface area contributed by atoms with Gasteiger partial charge in [0.05, 0.1) is 11.4 Å². The molecule has 2 heterocycles. The summed E-state index contributed by atoms with van der Waals surface area (Å²) in [5, 5.41) is 11.7. The lowest BCUT2D eigenvalue weighted by Crippen LogP contribution is -2.15. The maximum Gasteiger partial charge on any atom is 0.234 e. The minimum Gasteiger partial charge on any atom is -0.323 e. The Morgan fingerprint density at radius 2 is 1.77 bits per heavy atom. The third kappa shape index (κ3) is 4.58. The fourth-order valence-electron chi connectivity index (χ4n) is 2.75. The predicted molar refractivity (Wildman–Crippen MR) is 118 cm³/mol. The Balaban J connectivity index is 1.60. The molecule has 150 valence electrons. The van der Waals surface area contributed by atoms with Gasteiger partial charge in [0.15, 0.2) is 11.0 Å². The predicted octanol–water partition coefficient (Wildman–Crippen LogP) is 4.96. The van der Waals surface area contributed by atoms with Gasteiger partial charge >= 0.3 is 0 Å². The second-order valence-electron chi connectivity index (χ2n) is 6.17. The molecule has 1 N–H and O–H groups in total. The van der Waals surface area contributed by atoms with Crippen LogP contribution in [0.3, 0.4) is 0 Å². The minimum absolute atomic E-state index is 0.0549. The van der Waals surface area contributed by atoms with Gasteiger partial charge < -0.3 is 5.32 Å². The van der Waals surface area contributed by atoms with Crippen LogP contribution in [0.2, 0.25) is 0 Å². The van der Waals surface area contributed by atoms with Gasteiger partial charge in [-0.3, -0.25) is 14.3 Å². The first kappa shape index (κ1) is 20.2. The number of amides is 1. The lowest BCUT2D eigenvalue weighted by molar-refractivity contribution is -0.113. The Bertz CT molecular complexity index is 1170. The molecule has 6 nitrogen and oxygen atoms in total. The van der Waals surface area contributed by atoms with Gasteiger partial charge in [0.25, 0.3) is 0 Å². The highest BCUT2D eigenvalue weighted by molar-refractivity contribution is 9.10. The number of halogens is 2. The van der Waals surface area contributed by atoms with E-state index in [2.05, 4.69) is 36.4 Å². The van der Waals surface area contributed by atoms with Gasteiger partial charge in [0, 0.05) is 28.1 Å². The van der Waals surface area contributed by atoms with Gasteiger partial charge in [-0.2, -0.15) is 0 Å². The van der Waals surface area contributed by atoms with Crippen molar-refractivity contribution in [1.29, 1.82) is 0 Å². The summed E-state index contributed by atoms with van der Waals surface area (Å²) >= 11 is 4.66. The quantitative estimate of drug-likeness (QED) is 0.392. The van der Waals surface area contributed by atoms with Crippen molar-refractivity contribution >= 4 is 39.3 Å². The molecular formula is C21H15BrFN5OS. The number of thioether (sulfide) groups is 1. The highest BCUT2D eigenvalue weighted by atomic mass is 79.9. The molecule has 0 aliphatic rings. The van der Waals surface area contributed by atoms with Crippen molar-refractivity contribution in [2.75, 3.05) is 11.1 Å². The van der Waals surface area contributed by atoms with Crippen LogP contribution >= 0.6 is 27.7 Å². The van der Waals surface area contributed by atoms with Crippen LogP contribution in [-0.2, 0) is 4.79 Å². The van der Waals surface area contributed by atoms with E-state index in [1.54, 1.807) is 24.5 Å². The third-order valence-corrected chi connectivity index (χ3v) is 5.59. The maximum absolute atomic E-state index is 13.8. The van der Waals surface area contributed by atoms with E-state index in [0.29, 0.717) is 11.0 Å². The largest absolute Gasteiger partial charge is 0.323 e. The molecule has 0 saturated carbocycles. The number of hydrogen-bond acceptors (Lipinski definition) is 5. The van der Waals surface area contributed by atoms with E-state index in [0.717, 1.165) is 15.7 Å². The summed E-state index contributed by atoms with van der Waals surface area (Å²) in [4.78, 5) is 16.4. The van der Waals surface area contributed by atoms with E-state index in [4.69, 9.17) is 0 Å². The van der Waals surface area contributed by atoms with E-state index in [-0.39, 0.29) is 17.3 Å². The van der Waals surface area contributed by atoms with Crippen molar-refractivity contribution in [2.45, 2.75) is 5.16 Å². The smallest absolute Gasteiger partial charge is 0.234 e. The summed E-state index contributed by atoms with van der Waals surface area (Å²) in [5.74, 6) is -0.120. The number of hydrogen-bond donors (Lipinski definition) is 1. The minimum atomic E-state index is -0.478. The number of pyridine rings is 1. The monoisotopic (exact) mass is 483 g/mol. The molecule has 4 rings (SSSR count). The number of anilines is 1. The van der Waals surface area contributed by atoms with Crippen molar-refractivity contribution in [3.05, 3.63) is 83.3 Å². The highest BCUT2D eigenvalue weighted by Crippen LogP contribution is 2.28. The molecule has 0 unspecified atom stereocenters. The van der Waals surface area contributed by atoms with E-state index in [9.17, 15) is 9.18 Å². The number of carbonyl (C=O) groups excluding carboxylic acids is 1. The van der Waals surface area contributed by atoms with Crippen LogP contribution in [-0.4, -0.2) is 31.4 Å². The standard InChI is InChI=1S/C21H15BrFN5OS/c22-15-5-7-16(8-6-15)28-20(14-9-11-24-12-10-14)26-27-21(28)30-13-19(29)25-18-4-2-1-3-17(18)23/h1-12H,13H2,(H,25,29). The molecule has 0 bridgehead atoms. The van der Waals surface area contributed by atoms with Crippen molar-refractivity contribution in [3.63, 3.8) is 0 Å². The molecule has 2 aromatic carbocycles. The van der Waals surface area contributed by atoms with Gasteiger partial charge in [-0.05, 0) is 48.5 Å². The van der Waals surface area contributed by atoms with Crippen LogP contribution in [0.5, 0.6) is 0 Å². The Labute approximate surface area is 184 Å². The first-order valence-corrected chi connectivity index (χ1v) is 10.7. The normalized spacial score (nSPS) is 10.7. The first-order chi connectivity index (χ1) is 14.6. The van der Waals surface area contributed by atoms with Crippen LogP contribution in [0.4, 0.5) is 10.1 Å². The molecule has 0 saturated heterocycles. The van der Waals surface area contributed by atoms with Gasteiger partial charge in [-0.25, -0.2) is 4.39 Å². The molecule has 9 heteroatoms. The molecule has 0 spiro atoms. The molecule has 0 radical (unpaired) electrons. The Morgan fingerprint density at radius 3 is 2.50 bits per heavy atom. The number of nitrogens with one attached hydrogen (secondary N) is 1. The number of carbonyl (C=O) groups is 1. The van der Waals surface area contributed by atoms with Crippen LogP contribution < -0.4 is 5.32 Å². The lowest BCUT2D eigenvalue weighted by atomic mass is 10.2. The molecule has 0 fully saturated rings. The topological polar surface area (TPSA) is 72.7 Å². The van der Waals surface area contributed by atoms with Gasteiger partial charge in [-0.15, -0.1) is 10.2 Å². The molecule has 4 aromatic rings. The second kappa shape index (κ2) is 9.19. The van der Waals surface area contributed by atoms with Crippen molar-refractivity contribution in [2.24, 2.45) is 0 Å². The van der Waals surface area contributed by atoms with Crippen molar-refractivity contribution < 1.29 is 9.18 Å². The Morgan fingerprint density at radius 1 is 1.03 bits per heavy atom. The third-order valence-electron chi connectivity index (χ3n) is 4.14. The van der Waals surface area contributed by atoms with Crippen LogP contribution in [0.25, 0.3) is 17.1 Å². The number of aromatic nitrogens is 4. The molecule has 0 aliphatic heterocycles.